The molecule has 0 bridgehead atoms. The number of halogens is 2. The van der Waals surface area contributed by atoms with Crippen LogP contribution >= 0.6 is 23.2 Å². The van der Waals surface area contributed by atoms with Gasteiger partial charge in [0.15, 0.2) is 5.75 Å². The Morgan fingerprint density at radius 2 is 1.74 bits per heavy atom. The Morgan fingerprint density at radius 1 is 1.21 bits per heavy atom. The molecule has 1 aliphatic rings. The van der Waals surface area contributed by atoms with Crippen LogP contribution in [0.5, 0.6) is 5.75 Å². The van der Waals surface area contributed by atoms with E-state index in [0.717, 1.165) is 0 Å². The second-order valence-electron chi connectivity index (χ2n) is 4.07. The highest BCUT2D eigenvalue weighted by Crippen LogP contribution is 2.35. The standard InChI is InChI=1S/C11H14Cl2N2O3S/c1-18-11-9(12)6-8(7-10(11)13)19(16,17)15-4-2-14-3-5-15/h6-7,14H,2-5H2,1H3. The van der Waals surface area contributed by atoms with E-state index in [4.69, 9.17) is 27.9 Å². The van der Waals surface area contributed by atoms with Crippen LogP contribution in [0.25, 0.3) is 0 Å². The number of nitrogens with zero attached hydrogens (tertiary/aromatic N) is 1. The number of sulfonamides is 1. The third kappa shape index (κ3) is 2.98. The summed E-state index contributed by atoms with van der Waals surface area (Å²) in [6.45, 7) is 2.14. The lowest BCUT2D eigenvalue weighted by Crippen LogP contribution is -2.46. The molecule has 0 unspecified atom stereocenters. The highest BCUT2D eigenvalue weighted by molar-refractivity contribution is 7.89. The van der Waals surface area contributed by atoms with E-state index >= 15 is 0 Å². The Morgan fingerprint density at radius 3 is 2.21 bits per heavy atom. The number of hydrogen-bond donors (Lipinski definition) is 1. The van der Waals surface area contributed by atoms with Gasteiger partial charge in [-0.3, -0.25) is 0 Å². The molecule has 8 heteroatoms. The van der Waals surface area contributed by atoms with E-state index in [1.165, 1.54) is 23.5 Å². The lowest BCUT2D eigenvalue weighted by molar-refractivity contribution is 0.360. The fourth-order valence-electron chi connectivity index (χ4n) is 1.91. The molecule has 1 heterocycles. The van der Waals surface area contributed by atoms with Crippen molar-refractivity contribution in [2.75, 3.05) is 33.3 Å². The highest BCUT2D eigenvalue weighted by Gasteiger charge is 2.27. The topological polar surface area (TPSA) is 58.6 Å². The largest absolute Gasteiger partial charge is 0.494 e. The SMILES string of the molecule is COc1c(Cl)cc(S(=O)(=O)N2CCNCC2)cc1Cl. The Bertz CT molecular complexity index is 548. The maximum absolute atomic E-state index is 12.4. The minimum absolute atomic E-state index is 0.0881. The van der Waals surface area contributed by atoms with Crippen LogP contribution in [0.15, 0.2) is 17.0 Å². The van der Waals surface area contributed by atoms with Crippen molar-refractivity contribution in [3.63, 3.8) is 0 Å². The van der Waals surface area contributed by atoms with E-state index in [2.05, 4.69) is 5.32 Å². The summed E-state index contributed by atoms with van der Waals surface area (Å²) < 4.78 is 31.3. The highest BCUT2D eigenvalue weighted by atomic mass is 35.5. The van der Waals surface area contributed by atoms with Gasteiger partial charge in [0.1, 0.15) is 0 Å². The van der Waals surface area contributed by atoms with Gasteiger partial charge < -0.3 is 10.1 Å². The molecule has 1 fully saturated rings. The summed E-state index contributed by atoms with van der Waals surface area (Å²) in [5.74, 6) is 0.280. The van der Waals surface area contributed by atoms with Gasteiger partial charge in [-0.2, -0.15) is 4.31 Å². The van der Waals surface area contributed by atoms with Crippen molar-refractivity contribution in [1.82, 2.24) is 9.62 Å². The number of benzene rings is 1. The van der Waals surface area contributed by atoms with Crippen LogP contribution in [-0.2, 0) is 10.0 Å². The van der Waals surface area contributed by atoms with E-state index < -0.39 is 10.0 Å². The van der Waals surface area contributed by atoms with E-state index in [-0.39, 0.29) is 20.7 Å². The molecule has 106 valence electrons. The molecule has 0 aliphatic carbocycles. The van der Waals surface area contributed by atoms with Crippen molar-refractivity contribution in [2.45, 2.75) is 4.90 Å². The van der Waals surface area contributed by atoms with Crippen LogP contribution in [0.1, 0.15) is 0 Å². The molecule has 0 atom stereocenters. The molecule has 1 aromatic carbocycles. The predicted molar refractivity (Wildman–Crippen MR) is 74.6 cm³/mol. The fourth-order valence-corrected chi connectivity index (χ4v) is 4.18. The molecule has 0 spiro atoms. The van der Waals surface area contributed by atoms with Crippen molar-refractivity contribution >= 4 is 33.2 Å². The Kier molecular flexibility index (Phi) is 4.58. The normalized spacial score (nSPS) is 17.4. The van der Waals surface area contributed by atoms with Gasteiger partial charge in [-0.05, 0) is 12.1 Å². The lowest BCUT2D eigenvalue weighted by Gasteiger charge is -2.26. The summed E-state index contributed by atoms with van der Waals surface area (Å²) in [7, 11) is -2.13. The van der Waals surface area contributed by atoms with E-state index in [1.807, 2.05) is 0 Å². The first-order chi connectivity index (χ1) is 8.96. The molecule has 0 amide bonds. The molecule has 0 saturated carbocycles. The van der Waals surface area contributed by atoms with Gasteiger partial charge in [0.05, 0.1) is 22.1 Å². The molecule has 1 saturated heterocycles. The van der Waals surface area contributed by atoms with Crippen LogP contribution in [0.3, 0.4) is 0 Å². The fraction of sp³-hybridized carbons (Fsp3) is 0.455. The molecule has 1 aromatic rings. The third-order valence-corrected chi connectivity index (χ3v) is 5.33. The molecule has 0 aromatic heterocycles. The first-order valence-corrected chi connectivity index (χ1v) is 7.90. The van der Waals surface area contributed by atoms with Gasteiger partial charge in [0.25, 0.3) is 0 Å². The van der Waals surface area contributed by atoms with Crippen LogP contribution < -0.4 is 10.1 Å². The van der Waals surface area contributed by atoms with Crippen LogP contribution in [0.2, 0.25) is 10.0 Å². The zero-order chi connectivity index (χ0) is 14.0. The molecule has 1 aliphatic heterocycles. The van der Waals surface area contributed by atoms with E-state index in [1.54, 1.807) is 0 Å². The number of methoxy groups -OCH3 is 1. The lowest BCUT2D eigenvalue weighted by atomic mass is 10.3. The van der Waals surface area contributed by atoms with Gasteiger partial charge in [-0.15, -0.1) is 0 Å². The molecule has 19 heavy (non-hydrogen) atoms. The Hall–Kier alpha value is -0.530. The summed E-state index contributed by atoms with van der Waals surface area (Å²) in [5, 5.41) is 3.47. The molecule has 1 N–H and O–H groups in total. The second-order valence-corrected chi connectivity index (χ2v) is 6.83. The van der Waals surface area contributed by atoms with E-state index in [9.17, 15) is 8.42 Å². The first-order valence-electron chi connectivity index (χ1n) is 5.70. The number of rotatable bonds is 3. The van der Waals surface area contributed by atoms with Crippen LogP contribution in [0, 0.1) is 0 Å². The molecule has 2 rings (SSSR count). The van der Waals surface area contributed by atoms with Gasteiger partial charge in [-0.1, -0.05) is 23.2 Å². The van der Waals surface area contributed by atoms with Crippen molar-refractivity contribution in [1.29, 1.82) is 0 Å². The quantitative estimate of drug-likeness (QED) is 0.917. The number of hydrogen-bond acceptors (Lipinski definition) is 4. The molecule has 0 radical (unpaired) electrons. The molecular formula is C11H14Cl2N2O3S. The van der Waals surface area contributed by atoms with Crippen molar-refractivity contribution in [3.05, 3.63) is 22.2 Å². The van der Waals surface area contributed by atoms with Crippen molar-refractivity contribution in [3.8, 4) is 5.75 Å². The average molecular weight is 325 g/mol. The number of piperazine rings is 1. The first kappa shape index (κ1) is 14.9. The maximum atomic E-state index is 12.4. The minimum Gasteiger partial charge on any atom is -0.494 e. The number of ether oxygens (including phenoxy) is 1. The Balaban J connectivity index is 2.40. The van der Waals surface area contributed by atoms with Gasteiger partial charge in [-0.25, -0.2) is 8.42 Å². The van der Waals surface area contributed by atoms with Crippen molar-refractivity contribution in [2.24, 2.45) is 0 Å². The summed E-state index contributed by atoms with van der Waals surface area (Å²) in [5.41, 5.74) is 0. The van der Waals surface area contributed by atoms with Gasteiger partial charge in [0.2, 0.25) is 10.0 Å². The molecular weight excluding hydrogens is 311 g/mol. The molecule has 5 nitrogen and oxygen atoms in total. The zero-order valence-corrected chi connectivity index (χ0v) is 12.6. The summed E-state index contributed by atoms with van der Waals surface area (Å²) in [6.07, 6.45) is 0. The Labute approximate surface area is 122 Å². The average Bonchev–Trinajstić information content (AvgIpc) is 2.39. The van der Waals surface area contributed by atoms with Crippen molar-refractivity contribution < 1.29 is 13.2 Å². The summed E-state index contributed by atoms with van der Waals surface area (Å²) in [4.78, 5) is 0.0881. The summed E-state index contributed by atoms with van der Waals surface area (Å²) in [6, 6.07) is 2.73. The smallest absolute Gasteiger partial charge is 0.243 e. The van der Waals surface area contributed by atoms with E-state index in [0.29, 0.717) is 26.2 Å². The monoisotopic (exact) mass is 324 g/mol. The zero-order valence-electron chi connectivity index (χ0n) is 10.3. The maximum Gasteiger partial charge on any atom is 0.243 e. The number of nitrogens with one attached hydrogen (secondary N) is 1. The van der Waals surface area contributed by atoms with Gasteiger partial charge >= 0.3 is 0 Å². The predicted octanol–water partition coefficient (Wildman–Crippen LogP) is 1.60. The van der Waals surface area contributed by atoms with Gasteiger partial charge in [0, 0.05) is 26.2 Å². The minimum atomic E-state index is -3.56. The van der Waals surface area contributed by atoms with Crippen LogP contribution in [-0.4, -0.2) is 46.0 Å². The second kappa shape index (κ2) is 5.85. The third-order valence-electron chi connectivity index (χ3n) is 2.89. The van der Waals surface area contributed by atoms with Crippen LogP contribution in [0.4, 0.5) is 0 Å². The summed E-state index contributed by atoms with van der Waals surface area (Å²) >= 11 is 12.0.